The van der Waals surface area contributed by atoms with Crippen molar-refractivity contribution < 1.29 is 14.6 Å². The Bertz CT molecular complexity index is 848. The number of carboxylic acids is 1. The first-order chi connectivity index (χ1) is 11.6. The van der Waals surface area contributed by atoms with Crippen molar-refractivity contribution in [2.24, 2.45) is 0 Å². The van der Waals surface area contributed by atoms with Crippen LogP contribution in [0.1, 0.15) is 10.6 Å². The topological polar surface area (TPSA) is 59.4 Å². The summed E-state index contributed by atoms with van der Waals surface area (Å²) in [6.45, 7) is 0.498. The van der Waals surface area contributed by atoms with Crippen LogP contribution in [0.25, 0.3) is 11.3 Å². The molecule has 122 valence electrons. The number of rotatable bonds is 6. The van der Waals surface area contributed by atoms with Crippen LogP contribution in [-0.4, -0.2) is 16.1 Å². The second-order valence-electron chi connectivity index (χ2n) is 5.12. The summed E-state index contributed by atoms with van der Waals surface area (Å²) in [6, 6.07) is 15.7. The van der Waals surface area contributed by atoms with E-state index in [2.05, 4.69) is 20.9 Å². The fourth-order valence-corrected chi connectivity index (χ4v) is 3.45. The van der Waals surface area contributed by atoms with Gasteiger partial charge in [0.05, 0.1) is 16.6 Å². The molecule has 0 spiro atoms. The molecule has 6 heteroatoms. The van der Waals surface area contributed by atoms with Gasteiger partial charge in [-0.3, -0.25) is 4.79 Å². The van der Waals surface area contributed by atoms with Crippen molar-refractivity contribution in [1.29, 1.82) is 0 Å². The second kappa shape index (κ2) is 7.59. The fourth-order valence-electron chi connectivity index (χ4n) is 2.17. The lowest BCUT2D eigenvalue weighted by Crippen LogP contribution is -1.99. The van der Waals surface area contributed by atoms with E-state index in [1.165, 1.54) is 11.3 Å². The van der Waals surface area contributed by atoms with Gasteiger partial charge in [-0.1, -0.05) is 30.3 Å². The highest BCUT2D eigenvalue weighted by molar-refractivity contribution is 9.10. The van der Waals surface area contributed by atoms with Crippen molar-refractivity contribution in [2.45, 2.75) is 13.0 Å². The van der Waals surface area contributed by atoms with Gasteiger partial charge in [-0.25, -0.2) is 4.98 Å². The van der Waals surface area contributed by atoms with E-state index in [4.69, 9.17) is 9.84 Å². The predicted octanol–water partition coefficient (Wildman–Crippen LogP) is 4.78. The van der Waals surface area contributed by atoms with Crippen LogP contribution in [-0.2, 0) is 17.8 Å². The normalized spacial score (nSPS) is 10.5. The number of aliphatic carboxylic acids is 1. The Hall–Kier alpha value is -2.18. The van der Waals surface area contributed by atoms with E-state index in [-0.39, 0.29) is 6.42 Å². The van der Waals surface area contributed by atoms with E-state index in [0.717, 1.165) is 27.0 Å². The van der Waals surface area contributed by atoms with Crippen LogP contribution in [0.15, 0.2) is 58.4 Å². The van der Waals surface area contributed by atoms with Crippen molar-refractivity contribution in [3.05, 3.63) is 69.0 Å². The lowest BCUT2D eigenvalue weighted by Gasteiger charge is -2.09. The molecule has 0 aliphatic rings. The zero-order chi connectivity index (χ0) is 16.9. The first kappa shape index (κ1) is 16.7. The first-order valence-corrected chi connectivity index (χ1v) is 8.92. The van der Waals surface area contributed by atoms with Crippen LogP contribution in [0.5, 0.6) is 5.75 Å². The number of aromatic nitrogens is 1. The number of halogens is 1. The Morgan fingerprint density at radius 1 is 1.21 bits per heavy atom. The molecule has 0 saturated carbocycles. The highest BCUT2D eigenvalue weighted by atomic mass is 79.9. The summed E-state index contributed by atoms with van der Waals surface area (Å²) >= 11 is 4.87. The minimum absolute atomic E-state index is 0.0515. The Morgan fingerprint density at radius 3 is 2.71 bits per heavy atom. The maximum Gasteiger partial charge on any atom is 0.310 e. The Morgan fingerprint density at radius 2 is 2.00 bits per heavy atom. The van der Waals surface area contributed by atoms with Gasteiger partial charge in [0.25, 0.3) is 0 Å². The average Bonchev–Trinajstić information content (AvgIpc) is 3.02. The number of carboxylic acid groups (broad SMARTS) is 1. The summed E-state index contributed by atoms with van der Waals surface area (Å²) in [7, 11) is 0. The molecule has 0 atom stereocenters. The van der Waals surface area contributed by atoms with Crippen LogP contribution < -0.4 is 4.74 Å². The average molecular weight is 404 g/mol. The van der Waals surface area contributed by atoms with Gasteiger partial charge in [-0.15, -0.1) is 11.3 Å². The molecule has 2 aromatic carbocycles. The number of carbonyl (C=O) groups is 1. The smallest absolute Gasteiger partial charge is 0.310 e. The van der Waals surface area contributed by atoms with Gasteiger partial charge in [0.15, 0.2) is 0 Å². The molecule has 0 saturated heterocycles. The maximum atomic E-state index is 10.7. The maximum absolute atomic E-state index is 10.7. The molecular formula is C18H14BrNO3S. The monoisotopic (exact) mass is 403 g/mol. The van der Waals surface area contributed by atoms with Gasteiger partial charge in [-0.2, -0.15) is 0 Å². The molecule has 0 amide bonds. The van der Waals surface area contributed by atoms with Gasteiger partial charge in [-0.05, 0) is 39.7 Å². The minimum Gasteiger partial charge on any atom is -0.488 e. The molecular weight excluding hydrogens is 390 g/mol. The van der Waals surface area contributed by atoms with Crippen molar-refractivity contribution >= 4 is 33.2 Å². The summed E-state index contributed by atoms with van der Waals surface area (Å²) in [5.74, 6) is -0.120. The van der Waals surface area contributed by atoms with Crippen molar-refractivity contribution in [3.63, 3.8) is 0 Å². The van der Waals surface area contributed by atoms with Crippen LogP contribution in [0.4, 0.5) is 0 Å². The highest BCUT2D eigenvalue weighted by Gasteiger charge is 2.10. The van der Waals surface area contributed by atoms with Crippen LogP contribution in [0, 0.1) is 0 Å². The standard InChI is InChI=1S/C18H14BrNO3S/c19-14-8-13(15-11-24-17(20-15)9-18(21)22)6-7-16(14)23-10-12-4-2-1-3-5-12/h1-8,11H,9-10H2,(H,21,22). The van der Waals surface area contributed by atoms with Crippen LogP contribution >= 0.6 is 27.3 Å². The van der Waals surface area contributed by atoms with Crippen molar-refractivity contribution in [1.82, 2.24) is 4.98 Å². The lowest BCUT2D eigenvalue weighted by atomic mass is 10.1. The van der Waals surface area contributed by atoms with Gasteiger partial charge in [0, 0.05) is 10.9 Å². The number of nitrogens with zero attached hydrogens (tertiary/aromatic N) is 1. The molecule has 4 nitrogen and oxygen atoms in total. The molecule has 3 rings (SSSR count). The molecule has 1 N–H and O–H groups in total. The van der Waals surface area contributed by atoms with E-state index in [1.54, 1.807) is 0 Å². The molecule has 0 unspecified atom stereocenters. The van der Waals surface area contributed by atoms with Crippen molar-refractivity contribution in [3.8, 4) is 17.0 Å². The molecule has 0 aliphatic carbocycles. The second-order valence-corrected chi connectivity index (χ2v) is 6.91. The Labute approximate surface area is 151 Å². The number of thiazole rings is 1. The lowest BCUT2D eigenvalue weighted by molar-refractivity contribution is -0.136. The molecule has 0 bridgehead atoms. The molecule has 0 fully saturated rings. The molecule has 3 aromatic rings. The van der Waals surface area contributed by atoms with Gasteiger partial charge < -0.3 is 9.84 Å². The third-order valence-electron chi connectivity index (χ3n) is 3.32. The highest BCUT2D eigenvalue weighted by Crippen LogP contribution is 2.31. The largest absolute Gasteiger partial charge is 0.488 e. The van der Waals surface area contributed by atoms with Crippen molar-refractivity contribution in [2.75, 3.05) is 0 Å². The quantitative estimate of drug-likeness (QED) is 0.643. The summed E-state index contributed by atoms with van der Waals surface area (Å²) in [4.78, 5) is 15.1. The predicted molar refractivity (Wildman–Crippen MR) is 97.4 cm³/mol. The Balaban J connectivity index is 1.72. The number of hydrogen-bond acceptors (Lipinski definition) is 4. The molecule has 1 aromatic heterocycles. The number of ether oxygens (including phenoxy) is 1. The van der Waals surface area contributed by atoms with Gasteiger partial charge >= 0.3 is 5.97 Å². The molecule has 0 aliphatic heterocycles. The van der Waals surface area contributed by atoms with E-state index >= 15 is 0 Å². The van der Waals surface area contributed by atoms with Crippen LogP contribution in [0.3, 0.4) is 0 Å². The minimum atomic E-state index is -0.873. The fraction of sp³-hybridized carbons (Fsp3) is 0.111. The summed E-state index contributed by atoms with van der Waals surface area (Å²) in [6.07, 6.45) is -0.0515. The summed E-state index contributed by atoms with van der Waals surface area (Å²) in [5, 5.41) is 11.3. The van der Waals surface area contributed by atoms with Crippen LogP contribution in [0.2, 0.25) is 0 Å². The zero-order valence-corrected chi connectivity index (χ0v) is 15.0. The third kappa shape index (κ3) is 4.21. The number of hydrogen-bond donors (Lipinski definition) is 1. The first-order valence-electron chi connectivity index (χ1n) is 7.24. The third-order valence-corrected chi connectivity index (χ3v) is 4.79. The summed E-state index contributed by atoms with van der Waals surface area (Å²) in [5.41, 5.74) is 2.79. The molecule has 24 heavy (non-hydrogen) atoms. The van der Waals surface area contributed by atoms with E-state index < -0.39 is 5.97 Å². The Kier molecular flexibility index (Phi) is 5.27. The zero-order valence-electron chi connectivity index (χ0n) is 12.6. The van der Waals surface area contributed by atoms with Gasteiger partial charge in [0.1, 0.15) is 17.4 Å². The molecule has 0 radical (unpaired) electrons. The van der Waals surface area contributed by atoms with E-state index in [0.29, 0.717) is 11.6 Å². The molecule has 1 heterocycles. The van der Waals surface area contributed by atoms with E-state index in [1.807, 2.05) is 53.9 Å². The van der Waals surface area contributed by atoms with E-state index in [9.17, 15) is 4.79 Å². The SMILES string of the molecule is O=C(O)Cc1nc(-c2ccc(OCc3ccccc3)c(Br)c2)cs1. The summed E-state index contributed by atoms with van der Waals surface area (Å²) < 4.78 is 6.67. The van der Waals surface area contributed by atoms with Gasteiger partial charge in [0.2, 0.25) is 0 Å². The number of benzene rings is 2.